The number of rotatable bonds is 2. The zero-order chi connectivity index (χ0) is 8.27. The maximum atomic E-state index is 5.76. The third-order valence-electron chi connectivity index (χ3n) is 1.67. The van der Waals surface area contributed by atoms with Gasteiger partial charge in [-0.05, 0) is 19.1 Å². The summed E-state index contributed by atoms with van der Waals surface area (Å²) in [7, 11) is 2.03. The number of hydrogen-bond donors (Lipinski definition) is 0. The molecule has 0 heterocycles. The van der Waals surface area contributed by atoms with Gasteiger partial charge in [-0.25, -0.2) is 0 Å². The van der Waals surface area contributed by atoms with E-state index in [9.17, 15) is 0 Å². The monoisotopic (exact) mass is 168 g/mol. The van der Waals surface area contributed by atoms with Gasteiger partial charge in [-0.2, -0.15) is 0 Å². The molecule has 1 radical (unpaired) electrons. The number of halogens is 1. The van der Waals surface area contributed by atoms with Gasteiger partial charge in [-0.1, -0.05) is 17.7 Å². The summed E-state index contributed by atoms with van der Waals surface area (Å²) < 4.78 is 0. The van der Waals surface area contributed by atoms with E-state index < -0.39 is 0 Å². The lowest BCUT2D eigenvalue weighted by molar-refractivity contribution is 0.968. The number of benzene rings is 1. The van der Waals surface area contributed by atoms with Gasteiger partial charge in [-0.3, -0.25) is 0 Å². The second-order valence-electron chi connectivity index (χ2n) is 2.41. The number of hydrogen-bond acceptors (Lipinski definition) is 1. The molecule has 0 aliphatic rings. The molecule has 0 N–H and O–H groups in total. The summed E-state index contributed by atoms with van der Waals surface area (Å²) in [6.45, 7) is 3.09. The SMILES string of the molecule is CCN(C)c1cc[c]c(Cl)c1. The Hall–Kier alpha value is -0.690. The minimum atomic E-state index is 0.669. The van der Waals surface area contributed by atoms with Crippen LogP contribution >= 0.6 is 11.6 Å². The van der Waals surface area contributed by atoms with Crippen molar-refractivity contribution in [3.05, 3.63) is 29.3 Å². The van der Waals surface area contributed by atoms with Gasteiger partial charge in [0.1, 0.15) is 0 Å². The van der Waals surface area contributed by atoms with E-state index >= 15 is 0 Å². The van der Waals surface area contributed by atoms with E-state index in [1.165, 1.54) is 0 Å². The quantitative estimate of drug-likeness (QED) is 0.656. The predicted octanol–water partition coefficient (Wildman–Crippen LogP) is 2.60. The van der Waals surface area contributed by atoms with Crippen LogP contribution in [0.2, 0.25) is 5.02 Å². The van der Waals surface area contributed by atoms with Crippen molar-refractivity contribution in [2.24, 2.45) is 0 Å². The lowest BCUT2D eigenvalue weighted by atomic mass is 10.3. The largest absolute Gasteiger partial charge is 0.375 e. The Morgan fingerprint density at radius 3 is 2.91 bits per heavy atom. The first-order valence-corrected chi connectivity index (χ1v) is 4.00. The van der Waals surface area contributed by atoms with Gasteiger partial charge in [0.15, 0.2) is 0 Å². The molecule has 0 amide bonds. The van der Waals surface area contributed by atoms with E-state index in [2.05, 4.69) is 17.9 Å². The van der Waals surface area contributed by atoms with Crippen LogP contribution in [-0.2, 0) is 0 Å². The maximum Gasteiger partial charge on any atom is 0.0505 e. The zero-order valence-electron chi connectivity index (χ0n) is 6.76. The molecule has 0 aliphatic heterocycles. The fourth-order valence-corrected chi connectivity index (χ4v) is 1.02. The molecule has 0 saturated heterocycles. The molecular weight excluding hydrogens is 158 g/mol. The van der Waals surface area contributed by atoms with Crippen LogP contribution in [0, 0.1) is 6.07 Å². The van der Waals surface area contributed by atoms with E-state index in [1.807, 2.05) is 25.2 Å². The molecule has 1 rings (SSSR count). The van der Waals surface area contributed by atoms with Crippen molar-refractivity contribution < 1.29 is 0 Å². The molecule has 11 heavy (non-hydrogen) atoms. The highest BCUT2D eigenvalue weighted by Crippen LogP contribution is 2.16. The van der Waals surface area contributed by atoms with Crippen molar-refractivity contribution in [2.45, 2.75) is 6.92 Å². The summed E-state index contributed by atoms with van der Waals surface area (Å²) in [4.78, 5) is 2.12. The second kappa shape index (κ2) is 3.63. The van der Waals surface area contributed by atoms with Crippen molar-refractivity contribution >= 4 is 17.3 Å². The first kappa shape index (κ1) is 8.41. The highest BCUT2D eigenvalue weighted by Gasteiger charge is 1.96. The summed E-state index contributed by atoms with van der Waals surface area (Å²) in [5.41, 5.74) is 1.14. The third-order valence-corrected chi connectivity index (χ3v) is 1.88. The van der Waals surface area contributed by atoms with Gasteiger partial charge in [0.25, 0.3) is 0 Å². The Morgan fingerprint density at radius 1 is 1.64 bits per heavy atom. The van der Waals surface area contributed by atoms with Crippen LogP contribution in [0.3, 0.4) is 0 Å². The second-order valence-corrected chi connectivity index (χ2v) is 2.82. The van der Waals surface area contributed by atoms with E-state index in [-0.39, 0.29) is 0 Å². The van der Waals surface area contributed by atoms with Crippen LogP contribution in [0.5, 0.6) is 0 Å². The lowest BCUT2D eigenvalue weighted by Crippen LogP contribution is -2.15. The van der Waals surface area contributed by atoms with E-state index in [0.717, 1.165) is 12.2 Å². The Balaban J connectivity index is 2.86. The minimum absolute atomic E-state index is 0.669. The predicted molar refractivity (Wildman–Crippen MR) is 49.2 cm³/mol. The van der Waals surface area contributed by atoms with Gasteiger partial charge in [0.2, 0.25) is 0 Å². The molecule has 0 bridgehead atoms. The molecular formula is C9H11ClN. The summed E-state index contributed by atoms with van der Waals surface area (Å²) in [5, 5.41) is 0.669. The third kappa shape index (κ3) is 2.12. The maximum absolute atomic E-state index is 5.76. The highest BCUT2D eigenvalue weighted by atomic mass is 35.5. The number of nitrogens with zero attached hydrogens (tertiary/aromatic N) is 1. The molecule has 2 heteroatoms. The Bertz CT molecular complexity index is 235. The average molecular weight is 169 g/mol. The standard InChI is InChI=1S/C9H11ClN/c1-3-11(2)9-6-4-5-8(10)7-9/h4,6-7H,3H2,1-2H3. The van der Waals surface area contributed by atoms with Crippen LogP contribution in [-0.4, -0.2) is 13.6 Å². The van der Waals surface area contributed by atoms with Gasteiger partial charge in [0.05, 0.1) is 5.02 Å². The molecule has 0 atom stereocenters. The van der Waals surface area contributed by atoms with Gasteiger partial charge in [0, 0.05) is 25.3 Å². The van der Waals surface area contributed by atoms with Crippen molar-refractivity contribution in [1.82, 2.24) is 0 Å². The van der Waals surface area contributed by atoms with Crippen molar-refractivity contribution in [1.29, 1.82) is 0 Å². The Labute approximate surface area is 72.6 Å². The van der Waals surface area contributed by atoms with Crippen LogP contribution in [0.1, 0.15) is 6.92 Å². The van der Waals surface area contributed by atoms with Gasteiger partial charge < -0.3 is 4.90 Å². The van der Waals surface area contributed by atoms with Gasteiger partial charge in [-0.15, -0.1) is 0 Å². The summed E-state index contributed by atoms with van der Waals surface area (Å²) >= 11 is 5.76. The topological polar surface area (TPSA) is 3.24 Å². The van der Waals surface area contributed by atoms with Crippen molar-refractivity contribution in [3.8, 4) is 0 Å². The molecule has 0 fully saturated rings. The van der Waals surface area contributed by atoms with Crippen LogP contribution in [0.4, 0.5) is 5.69 Å². The van der Waals surface area contributed by atoms with Crippen molar-refractivity contribution in [2.75, 3.05) is 18.5 Å². The molecule has 1 nitrogen and oxygen atoms in total. The lowest BCUT2D eigenvalue weighted by Gasteiger charge is -2.16. The Kier molecular flexibility index (Phi) is 2.77. The molecule has 0 saturated carbocycles. The zero-order valence-corrected chi connectivity index (χ0v) is 7.52. The van der Waals surface area contributed by atoms with Crippen LogP contribution < -0.4 is 4.90 Å². The molecule has 59 valence electrons. The van der Waals surface area contributed by atoms with E-state index in [1.54, 1.807) is 0 Å². The fraction of sp³-hybridized carbons (Fsp3) is 0.333. The number of anilines is 1. The summed E-state index contributed by atoms with van der Waals surface area (Å²) in [6, 6.07) is 8.63. The van der Waals surface area contributed by atoms with Crippen LogP contribution in [0.25, 0.3) is 0 Å². The first-order valence-electron chi connectivity index (χ1n) is 3.62. The Morgan fingerprint density at radius 2 is 2.36 bits per heavy atom. The van der Waals surface area contributed by atoms with E-state index in [0.29, 0.717) is 5.02 Å². The van der Waals surface area contributed by atoms with Crippen LogP contribution in [0.15, 0.2) is 18.2 Å². The van der Waals surface area contributed by atoms with Gasteiger partial charge >= 0.3 is 0 Å². The molecule has 0 aliphatic carbocycles. The average Bonchev–Trinajstić information content (AvgIpc) is 2.03. The normalized spacial score (nSPS) is 9.73. The molecule has 1 aromatic carbocycles. The minimum Gasteiger partial charge on any atom is -0.375 e. The van der Waals surface area contributed by atoms with E-state index in [4.69, 9.17) is 11.6 Å². The summed E-state index contributed by atoms with van der Waals surface area (Å²) in [6.07, 6.45) is 0. The van der Waals surface area contributed by atoms with Crippen molar-refractivity contribution in [3.63, 3.8) is 0 Å². The fourth-order valence-electron chi connectivity index (χ4n) is 0.846. The highest BCUT2D eigenvalue weighted by molar-refractivity contribution is 6.30. The summed E-state index contributed by atoms with van der Waals surface area (Å²) in [5.74, 6) is 0. The first-order chi connectivity index (χ1) is 5.24. The smallest absolute Gasteiger partial charge is 0.0505 e. The molecule has 1 aromatic rings. The molecule has 0 unspecified atom stereocenters. The molecule has 0 aromatic heterocycles. The molecule has 0 spiro atoms.